The lowest BCUT2D eigenvalue weighted by Crippen LogP contribution is -2.47. The van der Waals surface area contributed by atoms with Gasteiger partial charge in [-0.2, -0.15) is 0 Å². The van der Waals surface area contributed by atoms with Gasteiger partial charge in [-0.25, -0.2) is 0 Å². The van der Waals surface area contributed by atoms with Gasteiger partial charge < -0.3 is 20.5 Å². The Labute approximate surface area is 127 Å². The predicted octanol–water partition coefficient (Wildman–Crippen LogP) is 1.60. The van der Waals surface area contributed by atoms with Crippen LogP contribution in [-0.4, -0.2) is 43.9 Å². The first-order valence-corrected chi connectivity index (χ1v) is 8.38. The summed E-state index contributed by atoms with van der Waals surface area (Å²) in [6.07, 6.45) is 7.30. The van der Waals surface area contributed by atoms with Crippen molar-refractivity contribution in [2.24, 2.45) is 11.7 Å². The lowest BCUT2D eigenvalue weighted by Gasteiger charge is -2.39. The normalized spacial score (nSPS) is 31.0. The predicted molar refractivity (Wildman–Crippen MR) is 82.0 cm³/mol. The van der Waals surface area contributed by atoms with Crippen molar-refractivity contribution < 1.29 is 14.3 Å². The van der Waals surface area contributed by atoms with Gasteiger partial charge in [-0.3, -0.25) is 4.79 Å². The lowest BCUT2D eigenvalue weighted by atomic mass is 9.77. The Morgan fingerprint density at radius 2 is 1.95 bits per heavy atom. The molecular weight excluding hydrogens is 268 g/mol. The van der Waals surface area contributed by atoms with E-state index in [0.717, 1.165) is 57.7 Å². The molecule has 1 aliphatic heterocycles. The number of carbonyl (C=O) groups excluding carboxylic acids is 1. The second-order valence-corrected chi connectivity index (χ2v) is 6.48. The molecule has 2 rings (SSSR count). The van der Waals surface area contributed by atoms with E-state index in [0.29, 0.717) is 6.54 Å². The summed E-state index contributed by atoms with van der Waals surface area (Å²) < 4.78 is 11.2. The van der Waals surface area contributed by atoms with Gasteiger partial charge in [0.05, 0.1) is 5.60 Å². The molecule has 1 saturated carbocycles. The van der Waals surface area contributed by atoms with Gasteiger partial charge in [0.25, 0.3) is 0 Å². The zero-order chi connectivity index (χ0) is 15.1. The highest BCUT2D eigenvalue weighted by Crippen LogP contribution is 2.35. The number of hydrogen-bond acceptors (Lipinski definition) is 4. The second kappa shape index (κ2) is 8.11. The monoisotopic (exact) mass is 298 g/mol. The minimum Gasteiger partial charge on any atom is -0.381 e. The number of carbonyl (C=O) groups is 1. The summed E-state index contributed by atoms with van der Waals surface area (Å²) in [5, 5.41) is 3.03. The minimum absolute atomic E-state index is 0.0210. The average molecular weight is 298 g/mol. The molecule has 0 bridgehead atoms. The smallest absolute Gasteiger partial charge is 0.246 e. The molecule has 5 heteroatoms. The van der Waals surface area contributed by atoms with Crippen LogP contribution in [0.4, 0.5) is 0 Å². The van der Waals surface area contributed by atoms with E-state index in [2.05, 4.69) is 12.2 Å². The Morgan fingerprint density at radius 3 is 2.52 bits per heavy atom. The molecule has 2 aliphatic rings. The van der Waals surface area contributed by atoms with E-state index in [1.807, 2.05) is 0 Å². The van der Waals surface area contributed by atoms with Gasteiger partial charge in [-0.1, -0.05) is 13.3 Å². The zero-order valence-electron chi connectivity index (χ0n) is 13.2. The third-order valence-corrected chi connectivity index (χ3v) is 5.06. The van der Waals surface area contributed by atoms with Crippen LogP contribution in [0, 0.1) is 5.92 Å². The van der Waals surface area contributed by atoms with Gasteiger partial charge in [0.1, 0.15) is 6.61 Å². The van der Waals surface area contributed by atoms with E-state index in [-0.39, 0.29) is 24.2 Å². The van der Waals surface area contributed by atoms with Crippen LogP contribution in [0.1, 0.15) is 51.9 Å². The summed E-state index contributed by atoms with van der Waals surface area (Å²) >= 11 is 0. The summed E-state index contributed by atoms with van der Waals surface area (Å²) in [5.74, 6) is 0.775. The Balaban J connectivity index is 1.73. The Morgan fingerprint density at radius 1 is 1.29 bits per heavy atom. The van der Waals surface area contributed by atoms with E-state index in [4.69, 9.17) is 15.2 Å². The quantitative estimate of drug-likeness (QED) is 0.781. The Bertz CT molecular complexity index is 321. The minimum atomic E-state index is -0.279. The molecule has 0 spiro atoms. The SMILES string of the molecule is CCC1CCC(CN)(OCC(=O)NC2CCOCC2)CC1. The highest BCUT2D eigenvalue weighted by Gasteiger charge is 2.35. The molecule has 1 amide bonds. The third kappa shape index (κ3) is 4.94. The standard InChI is InChI=1S/C16H30N2O3/c1-2-13-3-7-16(12-17,8-4-13)21-11-15(19)18-14-5-9-20-10-6-14/h13-14H,2-12,17H2,1H3,(H,18,19). The maximum Gasteiger partial charge on any atom is 0.246 e. The second-order valence-electron chi connectivity index (χ2n) is 6.48. The molecule has 5 nitrogen and oxygen atoms in total. The van der Waals surface area contributed by atoms with E-state index >= 15 is 0 Å². The van der Waals surface area contributed by atoms with E-state index in [1.54, 1.807) is 0 Å². The first-order chi connectivity index (χ1) is 10.2. The molecule has 0 aromatic carbocycles. The zero-order valence-corrected chi connectivity index (χ0v) is 13.2. The van der Waals surface area contributed by atoms with Crippen molar-refractivity contribution in [3.05, 3.63) is 0 Å². The van der Waals surface area contributed by atoms with Crippen LogP contribution in [0.2, 0.25) is 0 Å². The summed E-state index contributed by atoms with van der Waals surface area (Å²) in [5.41, 5.74) is 5.64. The van der Waals surface area contributed by atoms with E-state index in [9.17, 15) is 4.79 Å². The van der Waals surface area contributed by atoms with Crippen LogP contribution in [0.5, 0.6) is 0 Å². The van der Waals surface area contributed by atoms with Crippen molar-refractivity contribution in [1.29, 1.82) is 0 Å². The maximum atomic E-state index is 12.0. The first-order valence-electron chi connectivity index (χ1n) is 8.38. The van der Waals surface area contributed by atoms with E-state index in [1.165, 1.54) is 6.42 Å². The Kier molecular flexibility index (Phi) is 6.45. The third-order valence-electron chi connectivity index (χ3n) is 5.06. The number of rotatable bonds is 6. The topological polar surface area (TPSA) is 73.6 Å². The summed E-state index contributed by atoms with van der Waals surface area (Å²) in [6, 6.07) is 0.236. The molecule has 0 aromatic rings. The van der Waals surface area contributed by atoms with Gasteiger partial charge >= 0.3 is 0 Å². The average Bonchev–Trinajstić information content (AvgIpc) is 2.54. The van der Waals surface area contributed by atoms with Gasteiger partial charge in [0.2, 0.25) is 5.91 Å². The van der Waals surface area contributed by atoms with Crippen molar-refractivity contribution in [1.82, 2.24) is 5.32 Å². The summed E-state index contributed by atoms with van der Waals surface area (Å²) in [7, 11) is 0. The van der Waals surface area contributed by atoms with Crippen molar-refractivity contribution in [2.75, 3.05) is 26.4 Å². The lowest BCUT2D eigenvalue weighted by molar-refractivity contribution is -0.137. The Hall–Kier alpha value is -0.650. The number of hydrogen-bond donors (Lipinski definition) is 2. The van der Waals surface area contributed by atoms with Crippen molar-refractivity contribution in [3.8, 4) is 0 Å². The van der Waals surface area contributed by atoms with Crippen LogP contribution < -0.4 is 11.1 Å². The van der Waals surface area contributed by atoms with Crippen LogP contribution in [0.15, 0.2) is 0 Å². The highest BCUT2D eigenvalue weighted by atomic mass is 16.5. The molecule has 0 atom stereocenters. The molecule has 2 fully saturated rings. The fraction of sp³-hybridized carbons (Fsp3) is 0.938. The van der Waals surface area contributed by atoms with Gasteiger partial charge in [-0.15, -0.1) is 0 Å². The first kappa shape index (κ1) is 16.7. The fourth-order valence-corrected chi connectivity index (χ4v) is 3.35. The van der Waals surface area contributed by atoms with Crippen molar-refractivity contribution in [2.45, 2.75) is 63.5 Å². The summed E-state index contributed by atoms with van der Waals surface area (Å²) in [4.78, 5) is 12.0. The highest BCUT2D eigenvalue weighted by molar-refractivity contribution is 5.77. The van der Waals surface area contributed by atoms with Crippen LogP contribution in [0.3, 0.4) is 0 Å². The number of nitrogens with two attached hydrogens (primary N) is 1. The van der Waals surface area contributed by atoms with Crippen molar-refractivity contribution in [3.63, 3.8) is 0 Å². The maximum absolute atomic E-state index is 12.0. The van der Waals surface area contributed by atoms with Gasteiger partial charge in [0, 0.05) is 25.8 Å². The van der Waals surface area contributed by atoms with Gasteiger partial charge in [0.15, 0.2) is 0 Å². The fourth-order valence-electron chi connectivity index (χ4n) is 3.35. The molecule has 0 aromatic heterocycles. The van der Waals surface area contributed by atoms with Crippen molar-refractivity contribution >= 4 is 5.91 Å². The molecule has 1 aliphatic carbocycles. The van der Waals surface area contributed by atoms with Crippen LogP contribution >= 0.6 is 0 Å². The molecular formula is C16H30N2O3. The molecule has 0 radical (unpaired) electrons. The number of amides is 1. The number of nitrogens with one attached hydrogen (secondary N) is 1. The molecule has 0 unspecified atom stereocenters. The molecule has 122 valence electrons. The molecule has 1 heterocycles. The molecule has 3 N–H and O–H groups in total. The summed E-state index contributed by atoms with van der Waals surface area (Å²) in [6.45, 7) is 4.34. The van der Waals surface area contributed by atoms with Crippen LogP contribution in [-0.2, 0) is 14.3 Å². The molecule has 1 saturated heterocycles. The largest absolute Gasteiger partial charge is 0.381 e. The van der Waals surface area contributed by atoms with E-state index < -0.39 is 0 Å². The number of ether oxygens (including phenoxy) is 2. The van der Waals surface area contributed by atoms with Gasteiger partial charge in [-0.05, 0) is 44.4 Å². The van der Waals surface area contributed by atoms with Crippen LogP contribution in [0.25, 0.3) is 0 Å². The molecule has 21 heavy (non-hydrogen) atoms.